The number of hydrogen-bond acceptors (Lipinski definition) is 5. The maximum absolute atomic E-state index is 12.9. The number of thiocarbonyl (C=S) groups is 1. The van der Waals surface area contributed by atoms with Gasteiger partial charge in [-0.15, -0.1) is 0 Å². The second-order valence-corrected chi connectivity index (χ2v) is 9.06. The molecule has 0 atom stereocenters. The van der Waals surface area contributed by atoms with E-state index in [1.807, 2.05) is 19.1 Å². The Labute approximate surface area is 178 Å². The van der Waals surface area contributed by atoms with E-state index in [4.69, 9.17) is 21.7 Å². The minimum atomic E-state index is -0.959. The maximum atomic E-state index is 12.9. The number of carbonyl (C=O) groups is 2. The molecule has 1 saturated carbocycles. The molecule has 29 heavy (non-hydrogen) atoms. The van der Waals surface area contributed by atoms with Gasteiger partial charge in [-0.25, -0.2) is 4.79 Å². The van der Waals surface area contributed by atoms with Crippen molar-refractivity contribution in [3.05, 3.63) is 52.1 Å². The molecule has 1 amide bonds. The highest BCUT2D eigenvalue weighted by molar-refractivity contribution is 8.26. The number of nitrogens with zero attached hydrogens (tertiary/aromatic N) is 1. The van der Waals surface area contributed by atoms with E-state index >= 15 is 0 Å². The third kappa shape index (κ3) is 4.02. The summed E-state index contributed by atoms with van der Waals surface area (Å²) in [7, 11) is 0. The molecule has 7 heteroatoms. The van der Waals surface area contributed by atoms with Crippen molar-refractivity contribution >= 4 is 46.3 Å². The average Bonchev–Trinajstić information content (AvgIpc) is 3.27. The normalized spacial score (nSPS) is 19.3. The molecule has 1 aromatic heterocycles. The van der Waals surface area contributed by atoms with Crippen molar-refractivity contribution in [3.8, 4) is 11.3 Å². The molecule has 1 aromatic carbocycles. The lowest BCUT2D eigenvalue weighted by molar-refractivity contribution is -0.124. The van der Waals surface area contributed by atoms with Crippen molar-refractivity contribution in [2.45, 2.75) is 45.1 Å². The number of aromatic carboxylic acids is 1. The first kappa shape index (κ1) is 19.9. The first-order valence-electron chi connectivity index (χ1n) is 9.65. The van der Waals surface area contributed by atoms with E-state index in [0.29, 0.717) is 20.7 Å². The van der Waals surface area contributed by atoms with Gasteiger partial charge in [0.05, 0.1) is 10.5 Å². The maximum Gasteiger partial charge on any atom is 0.335 e. The molecule has 1 N–H and O–H groups in total. The highest BCUT2D eigenvalue weighted by atomic mass is 32.2. The van der Waals surface area contributed by atoms with Crippen LogP contribution in [0.15, 0.2) is 39.7 Å². The molecule has 0 unspecified atom stereocenters. The molecule has 150 valence electrons. The summed E-state index contributed by atoms with van der Waals surface area (Å²) < 4.78 is 6.55. The predicted octanol–water partition coefficient (Wildman–Crippen LogP) is 5.49. The van der Waals surface area contributed by atoms with Crippen molar-refractivity contribution in [2.75, 3.05) is 0 Å². The van der Waals surface area contributed by atoms with Crippen LogP contribution in [0.2, 0.25) is 0 Å². The number of carboxylic acid groups (broad SMARTS) is 1. The largest absolute Gasteiger partial charge is 0.478 e. The van der Waals surface area contributed by atoms with Gasteiger partial charge < -0.3 is 9.52 Å². The average molecular weight is 428 g/mol. The van der Waals surface area contributed by atoms with Gasteiger partial charge >= 0.3 is 5.97 Å². The molecule has 2 aromatic rings. The summed E-state index contributed by atoms with van der Waals surface area (Å²) in [5, 5.41) is 9.12. The first-order valence-corrected chi connectivity index (χ1v) is 10.9. The van der Waals surface area contributed by atoms with E-state index < -0.39 is 5.97 Å². The summed E-state index contributed by atoms with van der Waals surface area (Å²) >= 11 is 6.80. The third-order valence-corrected chi connectivity index (χ3v) is 6.73. The number of hydrogen-bond donors (Lipinski definition) is 1. The van der Waals surface area contributed by atoms with Crippen LogP contribution in [0, 0.1) is 6.92 Å². The quantitative estimate of drug-likeness (QED) is 0.514. The van der Waals surface area contributed by atoms with Gasteiger partial charge in [0, 0.05) is 17.7 Å². The van der Waals surface area contributed by atoms with Gasteiger partial charge in [0.1, 0.15) is 15.8 Å². The Morgan fingerprint density at radius 3 is 2.69 bits per heavy atom. The van der Waals surface area contributed by atoms with Crippen molar-refractivity contribution in [2.24, 2.45) is 0 Å². The van der Waals surface area contributed by atoms with Gasteiger partial charge in [0.2, 0.25) is 0 Å². The fraction of sp³-hybridized carbons (Fsp3) is 0.318. The molecular weight excluding hydrogens is 406 g/mol. The van der Waals surface area contributed by atoms with Crippen LogP contribution in [0.1, 0.15) is 53.8 Å². The minimum absolute atomic E-state index is 0.0353. The number of carboxylic acids is 1. The molecule has 0 bridgehead atoms. The highest BCUT2D eigenvalue weighted by Gasteiger charge is 2.37. The van der Waals surface area contributed by atoms with Crippen LogP contribution >= 0.6 is 24.0 Å². The Morgan fingerprint density at radius 2 is 2.00 bits per heavy atom. The van der Waals surface area contributed by atoms with Crippen LogP contribution in [-0.2, 0) is 4.79 Å². The summed E-state index contributed by atoms with van der Waals surface area (Å²) in [4.78, 5) is 26.4. The van der Waals surface area contributed by atoms with Crippen molar-refractivity contribution < 1.29 is 19.1 Å². The zero-order valence-corrected chi connectivity index (χ0v) is 17.6. The Bertz CT molecular complexity index is 1020. The molecule has 4 rings (SSSR count). The van der Waals surface area contributed by atoms with E-state index in [2.05, 4.69) is 0 Å². The Balaban J connectivity index is 1.56. The lowest BCUT2D eigenvalue weighted by Crippen LogP contribution is -2.39. The fourth-order valence-electron chi connectivity index (χ4n) is 3.91. The van der Waals surface area contributed by atoms with Gasteiger partial charge in [0.25, 0.3) is 5.91 Å². The molecule has 5 nitrogen and oxygen atoms in total. The number of aryl methyl sites for hydroxylation is 1. The smallest absolute Gasteiger partial charge is 0.335 e. The van der Waals surface area contributed by atoms with Crippen LogP contribution in [0.25, 0.3) is 17.4 Å². The Hall–Kier alpha value is -2.38. The molecule has 0 spiro atoms. The van der Waals surface area contributed by atoms with Gasteiger partial charge in [-0.3, -0.25) is 9.69 Å². The number of carbonyl (C=O) groups excluding carboxylic acids is 1. The van der Waals surface area contributed by atoms with Gasteiger partial charge in [-0.05, 0) is 49.6 Å². The first-order chi connectivity index (χ1) is 13.9. The summed E-state index contributed by atoms with van der Waals surface area (Å²) in [5.41, 5.74) is 1.88. The topological polar surface area (TPSA) is 70.8 Å². The van der Waals surface area contributed by atoms with Gasteiger partial charge in [0.15, 0.2) is 0 Å². The third-order valence-electron chi connectivity index (χ3n) is 5.40. The number of benzene rings is 1. The van der Waals surface area contributed by atoms with E-state index in [0.717, 1.165) is 36.8 Å². The molecule has 1 saturated heterocycles. The lowest BCUT2D eigenvalue weighted by Gasteiger charge is -2.29. The van der Waals surface area contributed by atoms with Crippen LogP contribution in [0.5, 0.6) is 0 Å². The van der Waals surface area contributed by atoms with E-state index in [1.165, 1.54) is 18.2 Å². The molecule has 1 aliphatic heterocycles. The number of amides is 1. The molecular formula is C22H21NO4S2. The van der Waals surface area contributed by atoms with Crippen molar-refractivity contribution in [3.63, 3.8) is 0 Å². The highest BCUT2D eigenvalue weighted by Crippen LogP contribution is 2.38. The van der Waals surface area contributed by atoms with Gasteiger partial charge in [-0.1, -0.05) is 49.3 Å². The van der Waals surface area contributed by atoms with Crippen LogP contribution in [0.3, 0.4) is 0 Å². The number of furan rings is 1. The SMILES string of the molecule is Cc1cc(C(=O)O)ccc1-c1ccc(/C=C2/SC(=S)N(C3CCCCC3)C2=O)o1. The Kier molecular flexibility index (Phi) is 5.61. The summed E-state index contributed by atoms with van der Waals surface area (Å²) in [6, 6.07) is 8.77. The number of rotatable bonds is 4. The summed E-state index contributed by atoms with van der Waals surface area (Å²) in [6.07, 6.45) is 7.27. The van der Waals surface area contributed by atoms with Crippen LogP contribution in [-0.4, -0.2) is 32.2 Å². The van der Waals surface area contributed by atoms with Crippen LogP contribution in [0.4, 0.5) is 0 Å². The molecule has 2 aliphatic rings. The van der Waals surface area contributed by atoms with Crippen molar-refractivity contribution in [1.82, 2.24) is 4.90 Å². The standard InChI is InChI=1S/C22H21NO4S2/c1-13-11-14(21(25)26)7-9-17(13)18-10-8-16(27-18)12-19-20(24)23(22(28)29-19)15-5-3-2-4-6-15/h7-12,15H,2-6H2,1H3,(H,25,26)/b19-12+. The van der Waals surface area contributed by atoms with Gasteiger partial charge in [-0.2, -0.15) is 0 Å². The molecule has 2 heterocycles. The zero-order valence-electron chi connectivity index (χ0n) is 16.0. The monoisotopic (exact) mass is 427 g/mol. The second-order valence-electron chi connectivity index (χ2n) is 7.38. The fourth-order valence-corrected chi connectivity index (χ4v) is 5.29. The lowest BCUT2D eigenvalue weighted by atomic mass is 9.94. The Morgan fingerprint density at radius 1 is 1.24 bits per heavy atom. The van der Waals surface area contributed by atoms with Crippen LogP contribution < -0.4 is 0 Å². The summed E-state index contributed by atoms with van der Waals surface area (Å²) in [6.45, 7) is 1.85. The second kappa shape index (κ2) is 8.16. The van der Waals surface area contributed by atoms with Crippen molar-refractivity contribution in [1.29, 1.82) is 0 Å². The molecule has 1 aliphatic carbocycles. The van der Waals surface area contributed by atoms with E-state index in [-0.39, 0.29) is 17.5 Å². The molecule has 0 radical (unpaired) electrons. The predicted molar refractivity (Wildman–Crippen MR) is 118 cm³/mol. The summed E-state index contributed by atoms with van der Waals surface area (Å²) in [5.74, 6) is 0.214. The molecule has 2 fully saturated rings. The number of thioether (sulfide) groups is 1. The minimum Gasteiger partial charge on any atom is -0.478 e. The van der Waals surface area contributed by atoms with E-state index in [1.54, 1.807) is 29.2 Å². The zero-order chi connectivity index (χ0) is 20.5. The van der Waals surface area contributed by atoms with E-state index in [9.17, 15) is 9.59 Å².